The average Bonchev–Trinajstić information content (AvgIpc) is 3.23. The third-order valence-electron chi connectivity index (χ3n) is 5.66. The zero-order valence-electron chi connectivity index (χ0n) is 16.7. The first-order valence-electron chi connectivity index (χ1n) is 9.63. The second-order valence-electron chi connectivity index (χ2n) is 7.63. The van der Waals surface area contributed by atoms with Gasteiger partial charge >= 0.3 is 0 Å². The molecule has 3 aliphatic rings. The van der Waals surface area contributed by atoms with E-state index in [1.165, 1.54) is 36.5 Å². The van der Waals surface area contributed by atoms with Crippen molar-refractivity contribution < 1.29 is 35.8 Å². The van der Waals surface area contributed by atoms with E-state index in [-0.39, 0.29) is 35.2 Å². The van der Waals surface area contributed by atoms with Crippen LogP contribution in [0.4, 0.5) is 5.69 Å². The van der Waals surface area contributed by atoms with Gasteiger partial charge in [-0.3, -0.25) is 4.79 Å². The molecule has 12 heteroatoms. The topological polar surface area (TPSA) is 120 Å². The Morgan fingerprint density at radius 1 is 1.17 bits per heavy atom. The highest BCUT2D eigenvalue weighted by atomic mass is 32.2. The molecule has 3 saturated heterocycles. The molecule has 3 fully saturated rings. The van der Waals surface area contributed by atoms with Crippen LogP contribution in [0.1, 0.15) is 19.8 Å². The number of hydrogen-bond donors (Lipinski definition) is 0. The number of hydrogen-bond acceptors (Lipinski definition) is 8. The van der Waals surface area contributed by atoms with Gasteiger partial charge in [0.15, 0.2) is 5.79 Å². The van der Waals surface area contributed by atoms with Crippen molar-refractivity contribution in [3.05, 3.63) is 18.2 Å². The van der Waals surface area contributed by atoms with Gasteiger partial charge in [0.2, 0.25) is 26.0 Å². The number of anilines is 1. The molecule has 0 bridgehead atoms. The number of carbonyl (C=O) groups excluding carboxylic acids is 1. The summed E-state index contributed by atoms with van der Waals surface area (Å²) in [4.78, 5) is 12.2. The molecule has 0 N–H and O–H groups in total. The second kappa shape index (κ2) is 7.45. The summed E-state index contributed by atoms with van der Waals surface area (Å²) in [5.41, 5.74) is -0.0142. The van der Waals surface area contributed by atoms with Crippen molar-refractivity contribution in [2.45, 2.75) is 30.4 Å². The van der Waals surface area contributed by atoms with Gasteiger partial charge in [0.05, 0.1) is 37.7 Å². The first-order chi connectivity index (χ1) is 14.1. The summed E-state index contributed by atoms with van der Waals surface area (Å²) in [5, 5.41) is 0. The molecule has 1 spiro atoms. The van der Waals surface area contributed by atoms with Crippen LogP contribution in [0, 0.1) is 5.92 Å². The van der Waals surface area contributed by atoms with Gasteiger partial charge in [-0.15, -0.1) is 0 Å². The van der Waals surface area contributed by atoms with Gasteiger partial charge in [-0.25, -0.2) is 21.1 Å². The number of methoxy groups -OCH3 is 1. The van der Waals surface area contributed by atoms with E-state index in [2.05, 4.69) is 0 Å². The lowest BCUT2D eigenvalue weighted by Gasteiger charge is -2.37. The van der Waals surface area contributed by atoms with Crippen LogP contribution in [0.15, 0.2) is 23.1 Å². The fourth-order valence-corrected chi connectivity index (χ4v) is 7.50. The molecular formula is C18H24N2O8S2. The second-order valence-corrected chi connectivity index (χ2v) is 11.4. The molecule has 3 aliphatic heterocycles. The van der Waals surface area contributed by atoms with Gasteiger partial charge in [-0.2, -0.15) is 4.31 Å². The van der Waals surface area contributed by atoms with E-state index >= 15 is 0 Å². The lowest BCUT2D eigenvalue weighted by Crippen LogP contribution is -2.47. The molecule has 30 heavy (non-hydrogen) atoms. The third-order valence-corrected chi connectivity index (χ3v) is 9.45. The average molecular weight is 461 g/mol. The number of rotatable bonds is 4. The van der Waals surface area contributed by atoms with Crippen molar-refractivity contribution in [1.29, 1.82) is 0 Å². The number of carbonyl (C=O) groups is 1. The molecule has 1 aromatic carbocycles. The van der Waals surface area contributed by atoms with E-state index < -0.39 is 37.7 Å². The van der Waals surface area contributed by atoms with Gasteiger partial charge in [-0.05, 0) is 18.2 Å². The minimum absolute atomic E-state index is 0.0142. The summed E-state index contributed by atoms with van der Waals surface area (Å²) in [5.74, 6) is -2.25. The van der Waals surface area contributed by atoms with Crippen molar-refractivity contribution >= 4 is 31.6 Å². The Kier molecular flexibility index (Phi) is 5.34. The van der Waals surface area contributed by atoms with Crippen LogP contribution in [-0.4, -0.2) is 72.0 Å². The Balaban J connectivity index is 1.68. The van der Waals surface area contributed by atoms with Crippen molar-refractivity contribution in [2.75, 3.05) is 43.5 Å². The lowest BCUT2D eigenvalue weighted by molar-refractivity contribution is -0.179. The highest BCUT2D eigenvalue weighted by Crippen LogP contribution is 2.38. The molecule has 3 heterocycles. The summed E-state index contributed by atoms with van der Waals surface area (Å²) in [6.45, 7) is 2.87. The first kappa shape index (κ1) is 21.5. The SMILES string of the molecule is COc1ccc(N2C(=O)C(C)CS2(=O)=O)cc1S(=O)(=O)N1CCC2(CC1)OCCO2. The summed E-state index contributed by atoms with van der Waals surface area (Å²) in [6.07, 6.45) is 0.787. The maximum absolute atomic E-state index is 13.4. The van der Waals surface area contributed by atoms with Gasteiger partial charge in [0.25, 0.3) is 0 Å². The highest BCUT2D eigenvalue weighted by molar-refractivity contribution is 7.94. The monoisotopic (exact) mass is 460 g/mol. The fraction of sp³-hybridized carbons (Fsp3) is 0.611. The van der Waals surface area contributed by atoms with Gasteiger partial charge in [-0.1, -0.05) is 6.92 Å². The van der Waals surface area contributed by atoms with E-state index in [9.17, 15) is 21.6 Å². The van der Waals surface area contributed by atoms with Gasteiger partial charge in [0, 0.05) is 25.9 Å². The van der Waals surface area contributed by atoms with E-state index in [4.69, 9.17) is 14.2 Å². The third kappa shape index (κ3) is 3.50. The van der Waals surface area contributed by atoms with Crippen molar-refractivity contribution in [1.82, 2.24) is 4.31 Å². The van der Waals surface area contributed by atoms with Crippen molar-refractivity contribution in [3.63, 3.8) is 0 Å². The van der Waals surface area contributed by atoms with E-state index in [0.717, 1.165) is 0 Å². The molecule has 0 radical (unpaired) electrons. The molecule has 1 aromatic rings. The quantitative estimate of drug-likeness (QED) is 0.638. The molecule has 4 rings (SSSR count). The van der Waals surface area contributed by atoms with Crippen LogP contribution in [0.25, 0.3) is 0 Å². The Labute approximate surface area is 175 Å². The molecule has 166 valence electrons. The molecular weight excluding hydrogens is 436 g/mol. The van der Waals surface area contributed by atoms with Crippen LogP contribution in [0.3, 0.4) is 0 Å². The Hall–Kier alpha value is -1.73. The predicted molar refractivity (Wildman–Crippen MR) is 106 cm³/mol. The maximum Gasteiger partial charge on any atom is 0.246 e. The smallest absolute Gasteiger partial charge is 0.246 e. The first-order valence-corrected chi connectivity index (χ1v) is 12.7. The largest absolute Gasteiger partial charge is 0.495 e. The predicted octanol–water partition coefficient (Wildman–Crippen LogP) is 0.535. The van der Waals surface area contributed by atoms with E-state index in [1.807, 2.05) is 0 Å². The normalized spacial score (nSPS) is 26.4. The molecule has 0 saturated carbocycles. The number of sulfonamides is 2. The van der Waals surface area contributed by atoms with Crippen LogP contribution >= 0.6 is 0 Å². The van der Waals surface area contributed by atoms with Crippen LogP contribution in [0.2, 0.25) is 0 Å². The minimum atomic E-state index is -4.01. The summed E-state index contributed by atoms with van der Waals surface area (Å²) < 4.78 is 70.1. The zero-order valence-corrected chi connectivity index (χ0v) is 18.4. The lowest BCUT2D eigenvalue weighted by atomic mass is 10.1. The molecule has 1 atom stereocenters. The van der Waals surface area contributed by atoms with E-state index in [1.54, 1.807) is 0 Å². The maximum atomic E-state index is 13.4. The Morgan fingerprint density at radius 2 is 1.80 bits per heavy atom. The number of piperidine rings is 1. The highest BCUT2D eigenvalue weighted by Gasteiger charge is 2.45. The molecule has 0 aliphatic carbocycles. The molecule has 1 unspecified atom stereocenters. The number of nitrogens with zero attached hydrogens (tertiary/aromatic N) is 2. The van der Waals surface area contributed by atoms with Gasteiger partial charge < -0.3 is 14.2 Å². The van der Waals surface area contributed by atoms with Crippen molar-refractivity contribution in [3.8, 4) is 5.75 Å². The summed E-state index contributed by atoms with van der Waals surface area (Å²) >= 11 is 0. The van der Waals surface area contributed by atoms with E-state index in [0.29, 0.717) is 30.4 Å². The molecule has 0 aromatic heterocycles. The summed E-state index contributed by atoms with van der Waals surface area (Å²) in [7, 11) is -6.53. The van der Waals surface area contributed by atoms with Gasteiger partial charge in [0.1, 0.15) is 10.6 Å². The molecule has 10 nitrogen and oxygen atoms in total. The standard InChI is InChI=1S/C18H24N2O8S2/c1-13-12-29(22,23)20(17(13)21)14-3-4-15(26-2)16(11-14)30(24,25)19-7-5-18(6-8-19)27-9-10-28-18/h3-4,11,13H,5-10,12H2,1-2H3. The van der Waals surface area contributed by atoms with Crippen LogP contribution < -0.4 is 9.04 Å². The van der Waals surface area contributed by atoms with Crippen LogP contribution in [-0.2, 0) is 34.3 Å². The van der Waals surface area contributed by atoms with Crippen molar-refractivity contribution in [2.24, 2.45) is 5.92 Å². The minimum Gasteiger partial charge on any atom is -0.495 e. The number of amides is 1. The Morgan fingerprint density at radius 3 is 2.33 bits per heavy atom. The number of ether oxygens (including phenoxy) is 3. The number of benzene rings is 1. The molecule has 1 amide bonds. The van der Waals surface area contributed by atoms with Crippen LogP contribution in [0.5, 0.6) is 5.75 Å². The fourth-order valence-electron chi connectivity index (χ4n) is 4.07. The summed E-state index contributed by atoms with van der Waals surface area (Å²) in [6, 6.07) is 3.92. The Bertz CT molecular complexity index is 1050. The zero-order chi connectivity index (χ0) is 21.7.